The molecule has 0 saturated heterocycles. The second kappa shape index (κ2) is 7.97. The van der Waals surface area contributed by atoms with Crippen molar-refractivity contribution in [3.63, 3.8) is 0 Å². The molecule has 0 radical (unpaired) electrons. The van der Waals surface area contributed by atoms with Crippen molar-refractivity contribution in [2.24, 2.45) is 7.05 Å². The molecule has 1 amide bonds. The van der Waals surface area contributed by atoms with Gasteiger partial charge in [0, 0.05) is 19.4 Å². The number of hydrogen-bond donors (Lipinski definition) is 1. The number of halogens is 3. The van der Waals surface area contributed by atoms with E-state index < -0.39 is 38.0 Å². The van der Waals surface area contributed by atoms with Gasteiger partial charge in [-0.05, 0) is 31.4 Å². The van der Waals surface area contributed by atoms with E-state index in [2.05, 4.69) is 31.4 Å². The number of amides is 1. The van der Waals surface area contributed by atoms with Crippen molar-refractivity contribution in [1.29, 1.82) is 5.26 Å². The van der Waals surface area contributed by atoms with Gasteiger partial charge in [-0.3, -0.25) is 4.79 Å². The summed E-state index contributed by atoms with van der Waals surface area (Å²) in [5.74, 6) is -1.02. The second-order valence-electron chi connectivity index (χ2n) is 8.82. The van der Waals surface area contributed by atoms with Crippen LogP contribution in [-0.4, -0.2) is 54.7 Å². The first-order chi connectivity index (χ1) is 17.3. The maximum Gasteiger partial charge on any atom is 0.417 e. The van der Waals surface area contributed by atoms with Crippen LogP contribution >= 0.6 is 0 Å². The molecule has 0 bridgehead atoms. The van der Waals surface area contributed by atoms with Crippen molar-refractivity contribution in [1.82, 2.24) is 34.4 Å². The Labute approximate surface area is 207 Å². The zero-order chi connectivity index (χ0) is 26.9. The van der Waals surface area contributed by atoms with E-state index in [4.69, 9.17) is 0 Å². The van der Waals surface area contributed by atoms with Crippen molar-refractivity contribution in [2.45, 2.75) is 43.4 Å². The Bertz CT molecular complexity index is 1760. The molecule has 0 atom stereocenters. The molecule has 15 heteroatoms. The Balaban J connectivity index is 1.80. The van der Waals surface area contributed by atoms with Crippen molar-refractivity contribution >= 4 is 32.6 Å². The highest BCUT2D eigenvalue weighted by Gasteiger charge is 2.45. The number of nitriles is 1. The van der Waals surface area contributed by atoms with E-state index >= 15 is 0 Å². The van der Waals surface area contributed by atoms with E-state index in [0.29, 0.717) is 24.6 Å². The fraction of sp³-hybridized carbons (Fsp3) is 0.364. The van der Waals surface area contributed by atoms with E-state index in [9.17, 15) is 31.6 Å². The van der Waals surface area contributed by atoms with Gasteiger partial charge in [0.25, 0.3) is 5.91 Å². The Morgan fingerprint density at radius 2 is 1.92 bits per heavy atom. The van der Waals surface area contributed by atoms with Crippen LogP contribution in [0, 0.1) is 18.3 Å². The van der Waals surface area contributed by atoms with Gasteiger partial charge >= 0.3 is 6.18 Å². The third-order valence-corrected chi connectivity index (χ3v) is 7.90. The molecule has 1 fully saturated rings. The quantitative estimate of drug-likeness (QED) is 0.412. The monoisotopic (exact) mass is 532 g/mol. The number of imidazole rings is 1. The van der Waals surface area contributed by atoms with Crippen molar-refractivity contribution in [2.75, 3.05) is 5.75 Å². The van der Waals surface area contributed by atoms with Crippen LogP contribution in [0.25, 0.3) is 28.2 Å². The summed E-state index contributed by atoms with van der Waals surface area (Å²) in [6.07, 6.45) is -1.67. The number of nitrogens with zero attached hydrogens (tertiary/aromatic N) is 7. The Morgan fingerprint density at radius 1 is 1.24 bits per heavy atom. The highest BCUT2D eigenvalue weighted by atomic mass is 32.2. The standard InChI is InChI=1S/C22H19F3N8O3S/c1-4-37(35,36)20-14(18-29-13-7-12(22(23,24)25)9-28-16(13)32(18)3)17-27-8-11(2)15(33(17)31-20)19(34)30-21(10-26)5-6-21/h7-9H,4-6H2,1-3H3,(H,30,34). The van der Waals surface area contributed by atoms with Gasteiger partial charge in [-0.15, -0.1) is 0 Å². The largest absolute Gasteiger partial charge is 0.417 e. The molecule has 1 aliphatic rings. The van der Waals surface area contributed by atoms with Gasteiger partial charge in [0.1, 0.15) is 28.1 Å². The fourth-order valence-electron chi connectivity index (χ4n) is 4.00. The third kappa shape index (κ3) is 3.88. The molecule has 1 N–H and O–H groups in total. The number of nitrogens with one attached hydrogen (secondary N) is 1. The predicted molar refractivity (Wildman–Crippen MR) is 123 cm³/mol. The third-order valence-electron chi connectivity index (χ3n) is 6.26. The topological polar surface area (TPSA) is 148 Å². The molecule has 37 heavy (non-hydrogen) atoms. The molecule has 0 aromatic carbocycles. The molecular formula is C22H19F3N8O3S. The molecule has 4 aromatic heterocycles. The van der Waals surface area contributed by atoms with Crippen molar-refractivity contribution in [3.8, 4) is 17.5 Å². The molecule has 0 aliphatic heterocycles. The molecule has 5 rings (SSSR count). The Morgan fingerprint density at radius 3 is 2.51 bits per heavy atom. The van der Waals surface area contributed by atoms with Gasteiger partial charge in [-0.1, -0.05) is 6.92 Å². The lowest BCUT2D eigenvalue weighted by molar-refractivity contribution is -0.137. The first-order valence-corrected chi connectivity index (χ1v) is 12.7. The minimum atomic E-state index is -4.65. The number of aromatic nitrogens is 6. The molecule has 11 nitrogen and oxygen atoms in total. The summed E-state index contributed by atoms with van der Waals surface area (Å²) in [7, 11) is -2.54. The maximum atomic E-state index is 13.2. The van der Waals surface area contributed by atoms with Crippen LogP contribution in [0.1, 0.15) is 41.4 Å². The summed E-state index contributed by atoms with van der Waals surface area (Å²) in [4.78, 5) is 25.6. The first-order valence-electron chi connectivity index (χ1n) is 11.1. The zero-order valence-electron chi connectivity index (χ0n) is 19.8. The first kappa shape index (κ1) is 24.6. The number of alkyl halides is 3. The fourth-order valence-corrected chi connectivity index (χ4v) is 4.97. The lowest BCUT2D eigenvalue weighted by Gasteiger charge is -2.12. The maximum absolute atomic E-state index is 13.2. The summed E-state index contributed by atoms with van der Waals surface area (Å²) in [6.45, 7) is 2.99. The zero-order valence-corrected chi connectivity index (χ0v) is 20.6. The van der Waals surface area contributed by atoms with Crippen LogP contribution in [0.3, 0.4) is 0 Å². The summed E-state index contributed by atoms with van der Waals surface area (Å²) in [5, 5.41) is 15.8. The van der Waals surface area contributed by atoms with Gasteiger partial charge in [-0.25, -0.2) is 27.9 Å². The number of carbonyl (C=O) groups excluding carboxylic acids is 1. The van der Waals surface area contributed by atoms with Gasteiger partial charge < -0.3 is 9.88 Å². The lowest BCUT2D eigenvalue weighted by Crippen LogP contribution is -2.37. The summed E-state index contributed by atoms with van der Waals surface area (Å²) >= 11 is 0. The van der Waals surface area contributed by atoms with Crippen molar-refractivity contribution in [3.05, 3.63) is 35.3 Å². The number of sulfone groups is 1. The van der Waals surface area contributed by atoms with E-state index in [1.807, 2.05) is 0 Å². The smallest absolute Gasteiger partial charge is 0.332 e. The van der Waals surface area contributed by atoms with Crippen LogP contribution in [0.4, 0.5) is 13.2 Å². The van der Waals surface area contributed by atoms with Crippen LogP contribution in [0.2, 0.25) is 0 Å². The molecule has 0 spiro atoms. The van der Waals surface area contributed by atoms with Crippen LogP contribution in [-0.2, 0) is 23.1 Å². The van der Waals surface area contributed by atoms with Gasteiger partial charge in [-0.2, -0.15) is 23.5 Å². The molecule has 4 heterocycles. The molecule has 192 valence electrons. The average Bonchev–Trinajstić information content (AvgIpc) is 3.39. The van der Waals surface area contributed by atoms with E-state index in [-0.39, 0.29) is 39.6 Å². The van der Waals surface area contributed by atoms with E-state index in [0.717, 1.165) is 10.6 Å². The molecule has 1 saturated carbocycles. The SMILES string of the molecule is CCS(=O)(=O)c1nn2c(C(=O)NC3(C#N)CC3)c(C)cnc2c1-c1nc2cc(C(F)(F)F)cnc2n1C. The predicted octanol–water partition coefficient (Wildman–Crippen LogP) is 2.58. The average molecular weight is 533 g/mol. The second-order valence-corrected chi connectivity index (χ2v) is 11.0. The number of rotatable bonds is 5. The number of carbonyl (C=O) groups is 1. The number of hydrogen-bond acceptors (Lipinski definition) is 8. The molecule has 0 unspecified atom stereocenters. The highest BCUT2D eigenvalue weighted by Crippen LogP contribution is 2.37. The van der Waals surface area contributed by atoms with Crippen LogP contribution < -0.4 is 5.32 Å². The van der Waals surface area contributed by atoms with Gasteiger partial charge in [0.2, 0.25) is 0 Å². The van der Waals surface area contributed by atoms with Crippen LogP contribution in [0.5, 0.6) is 0 Å². The number of aryl methyl sites for hydroxylation is 2. The van der Waals surface area contributed by atoms with Crippen molar-refractivity contribution < 1.29 is 26.4 Å². The lowest BCUT2D eigenvalue weighted by atomic mass is 10.2. The highest BCUT2D eigenvalue weighted by molar-refractivity contribution is 7.91. The number of fused-ring (bicyclic) bond motifs is 2. The van der Waals surface area contributed by atoms with E-state index in [1.165, 1.54) is 24.7 Å². The summed E-state index contributed by atoms with van der Waals surface area (Å²) < 4.78 is 68.3. The Kier molecular flexibility index (Phi) is 5.30. The molecular weight excluding hydrogens is 513 g/mol. The summed E-state index contributed by atoms with van der Waals surface area (Å²) in [6, 6.07) is 2.88. The molecule has 4 aromatic rings. The minimum Gasteiger partial charge on any atom is -0.332 e. The molecule has 1 aliphatic carbocycles. The Hall–Kier alpha value is -4.06. The van der Waals surface area contributed by atoms with Gasteiger partial charge in [0.15, 0.2) is 26.2 Å². The van der Waals surface area contributed by atoms with Gasteiger partial charge in [0.05, 0.1) is 17.4 Å². The summed E-state index contributed by atoms with van der Waals surface area (Å²) in [5.41, 5.74) is -1.81. The van der Waals surface area contributed by atoms with E-state index in [1.54, 1.807) is 6.92 Å². The number of pyridine rings is 1. The normalized spacial score (nSPS) is 15.2. The van der Waals surface area contributed by atoms with Crippen LogP contribution in [0.15, 0.2) is 23.5 Å². The minimum absolute atomic E-state index is 0.0263.